The SMILES string of the molecule is CC(C)c1ccc(C(=O)NOCCOc2ccccc2)c(O)c1. The Morgan fingerprint density at radius 1 is 1.13 bits per heavy atom. The first kappa shape index (κ1) is 16.8. The van der Waals surface area contributed by atoms with Gasteiger partial charge in [-0.1, -0.05) is 38.1 Å². The fourth-order valence-corrected chi connectivity index (χ4v) is 1.99. The van der Waals surface area contributed by atoms with Crippen molar-refractivity contribution in [3.05, 3.63) is 59.7 Å². The number of phenolic OH excluding ortho intramolecular Hbond substituents is 1. The summed E-state index contributed by atoms with van der Waals surface area (Å²) < 4.78 is 5.43. The Kier molecular flexibility index (Phi) is 6.00. The van der Waals surface area contributed by atoms with Crippen LogP contribution >= 0.6 is 0 Å². The first-order chi connectivity index (χ1) is 11.1. The number of ether oxygens (including phenoxy) is 1. The van der Waals surface area contributed by atoms with E-state index in [9.17, 15) is 9.90 Å². The van der Waals surface area contributed by atoms with Crippen LogP contribution in [-0.4, -0.2) is 24.2 Å². The normalized spacial score (nSPS) is 10.6. The van der Waals surface area contributed by atoms with E-state index in [1.54, 1.807) is 12.1 Å². The number of carbonyl (C=O) groups excluding carboxylic acids is 1. The van der Waals surface area contributed by atoms with Crippen molar-refractivity contribution in [1.29, 1.82) is 0 Å². The van der Waals surface area contributed by atoms with Crippen LogP contribution in [0.1, 0.15) is 35.7 Å². The van der Waals surface area contributed by atoms with Gasteiger partial charge in [-0.05, 0) is 35.7 Å². The van der Waals surface area contributed by atoms with Gasteiger partial charge in [0.15, 0.2) is 0 Å². The molecule has 0 aliphatic rings. The molecule has 0 atom stereocenters. The van der Waals surface area contributed by atoms with Gasteiger partial charge < -0.3 is 9.84 Å². The third kappa shape index (κ3) is 5.00. The number of hydrogen-bond donors (Lipinski definition) is 2. The number of amides is 1. The van der Waals surface area contributed by atoms with Crippen LogP contribution in [0.5, 0.6) is 11.5 Å². The molecule has 2 aromatic rings. The highest BCUT2D eigenvalue weighted by Crippen LogP contribution is 2.23. The van der Waals surface area contributed by atoms with Crippen molar-refractivity contribution < 1.29 is 19.5 Å². The van der Waals surface area contributed by atoms with Crippen LogP contribution in [0, 0.1) is 0 Å². The van der Waals surface area contributed by atoms with E-state index in [2.05, 4.69) is 5.48 Å². The summed E-state index contributed by atoms with van der Waals surface area (Å²) in [5, 5.41) is 9.92. The topological polar surface area (TPSA) is 67.8 Å². The highest BCUT2D eigenvalue weighted by molar-refractivity contribution is 5.96. The molecule has 1 amide bonds. The smallest absolute Gasteiger partial charge is 0.278 e. The van der Waals surface area contributed by atoms with Crippen molar-refractivity contribution in [3.63, 3.8) is 0 Å². The highest BCUT2D eigenvalue weighted by Gasteiger charge is 2.12. The van der Waals surface area contributed by atoms with Crippen molar-refractivity contribution in [3.8, 4) is 11.5 Å². The van der Waals surface area contributed by atoms with Crippen molar-refractivity contribution in [1.82, 2.24) is 5.48 Å². The van der Waals surface area contributed by atoms with Gasteiger partial charge in [0.05, 0.1) is 5.56 Å². The van der Waals surface area contributed by atoms with Crippen molar-refractivity contribution >= 4 is 5.91 Å². The first-order valence-electron chi connectivity index (χ1n) is 7.51. The molecule has 0 aliphatic heterocycles. The van der Waals surface area contributed by atoms with Gasteiger partial charge in [-0.2, -0.15) is 0 Å². The van der Waals surface area contributed by atoms with Gasteiger partial charge in [-0.25, -0.2) is 5.48 Å². The van der Waals surface area contributed by atoms with E-state index in [1.807, 2.05) is 50.2 Å². The Balaban J connectivity index is 1.76. The van der Waals surface area contributed by atoms with E-state index in [-0.39, 0.29) is 23.8 Å². The van der Waals surface area contributed by atoms with Crippen molar-refractivity contribution in [2.75, 3.05) is 13.2 Å². The Hall–Kier alpha value is -2.53. The number of nitrogens with one attached hydrogen (secondary N) is 1. The first-order valence-corrected chi connectivity index (χ1v) is 7.51. The second-order valence-corrected chi connectivity index (χ2v) is 5.37. The minimum Gasteiger partial charge on any atom is -0.507 e. The predicted molar refractivity (Wildman–Crippen MR) is 87.6 cm³/mol. The third-order valence-corrected chi connectivity index (χ3v) is 3.30. The lowest BCUT2D eigenvalue weighted by molar-refractivity contribution is 0.0198. The molecule has 0 spiro atoms. The Bertz CT molecular complexity index is 641. The molecule has 122 valence electrons. The van der Waals surface area contributed by atoms with E-state index < -0.39 is 5.91 Å². The molecular weight excluding hydrogens is 294 g/mol. The van der Waals surface area contributed by atoms with Crippen LogP contribution in [0.3, 0.4) is 0 Å². The van der Waals surface area contributed by atoms with Crippen LogP contribution in [0.25, 0.3) is 0 Å². The summed E-state index contributed by atoms with van der Waals surface area (Å²) in [4.78, 5) is 17.0. The van der Waals surface area contributed by atoms with Gasteiger partial charge in [0, 0.05) is 0 Å². The molecular formula is C18H21NO4. The predicted octanol–water partition coefficient (Wildman–Crippen LogP) is 3.26. The van der Waals surface area contributed by atoms with Crippen LogP contribution in [-0.2, 0) is 4.84 Å². The molecule has 0 saturated heterocycles. The van der Waals surface area contributed by atoms with E-state index in [4.69, 9.17) is 9.57 Å². The Labute approximate surface area is 135 Å². The minimum absolute atomic E-state index is 0.0576. The molecule has 5 nitrogen and oxygen atoms in total. The van der Waals surface area contributed by atoms with Gasteiger partial charge in [-0.3, -0.25) is 9.63 Å². The van der Waals surface area contributed by atoms with E-state index >= 15 is 0 Å². The van der Waals surface area contributed by atoms with Gasteiger partial charge >= 0.3 is 0 Å². The Morgan fingerprint density at radius 3 is 2.52 bits per heavy atom. The van der Waals surface area contributed by atoms with E-state index in [1.165, 1.54) is 0 Å². The maximum absolute atomic E-state index is 11.9. The molecule has 0 fully saturated rings. The summed E-state index contributed by atoms with van der Waals surface area (Å²) in [6.07, 6.45) is 0. The summed E-state index contributed by atoms with van der Waals surface area (Å²) in [5.41, 5.74) is 3.44. The van der Waals surface area contributed by atoms with E-state index in [0.29, 0.717) is 6.61 Å². The zero-order valence-electron chi connectivity index (χ0n) is 13.3. The second kappa shape index (κ2) is 8.19. The van der Waals surface area contributed by atoms with Crippen LogP contribution < -0.4 is 10.2 Å². The average molecular weight is 315 g/mol. The number of aromatic hydroxyl groups is 1. The zero-order valence-corrected chi connectivity index (χ0v) is 13.3. The number of hydrogen-bond acceptors (Lipinski definition) is 4. The second-order valence-electron chi connectivity index (χ2n) is 5.37. The summed E-state index contributed by atoms with van der Waals surface area (Å²) >= 11 is 0. The highest BCUT2D eigenvalue weighted by atomic mass is 16.7. The number of hydroxylamine groups is 1. The quantitative estimate of drug-likeness (QED) is 0.608. The molecule has 2 N–H and O–H groups in total. The number of para-hydroxylation sites is 1. The maximum atomic E-state index is 11.9. The van der Waals surface area contributed by atoms with Gasteiger partial charge in [0.1, 0.15) is 24.7 Å². The lowest BCUT2D eigenvalue weighted by Gasteiger charge is -2.10. The lowest BCUT2D eigenvalue weighted by atomic mass is 10.0. The van der Waals surface area contributed by atoms with Crippen molar-refractivity contribution in [2.45, 2.75) is 19.8 Å². The lowest BCUT2D eigenvalue weighted by Crippen LogP contribution is -2.26. The van der Waals surface area contributed by atoms with Crippen LogP contribution in [0.4, 0.5) is 0 Å². The van der Waals surface area contributed by atoms with E-state index in [0.717, 1.165) is 11.3 Å². The molecule has 0 aliphatic carbocycles. The summed E-state index contributed by atoms with van der Waals surface area (Å²) in [5.74, 6) is 0.476. The molecule has 0 unspecified atom stereocenters. The number of benzene rings is 2. The minimum atomic E-state index is -0.488. The molecule has 0 saturated carbocycles. The number of phenols is 1. The third-order valence-electron chi connectivity index (χ3n) is 3.30. The Morgan fingerprint density at radius 2 is 1.87 bits per heavy atom. The number of carbonyl (C=O) groups is 1. The largest absolute Gasteiger partial charge is 0.507 e. The average Bonchev–Trinajstić information content (AvgIpc) is 2.55. The van der Waals surface area contributed by atoms with Crippen LogP contribution in [0.2, 0.25) is 0 Å². The fourth-order valence-electron chi connectivity index (χ4n) is 1.99. The van der Waals surface area contributed by atoms with Gasteiger partial charge in [-0.15, -0.1) is 0 Å². The molecule has 5 heteroatoms. The maximum Gasteiger partial charge on any atom is 0.278 e. The summed E-state index contributed by atoms with van der Waals surface area (Å²) in [7, 11) is 0. The van der Waals surface area contributed by atoms with Crippen molar-refractivity contribution in [2.24, 2.45) is 0 Å². The molecule has 0 aromatic heterocycles. The standard InChI is InChI=1S/C18H21NO4/c1-13(2)14-8-9-16(17(20)12-14)18(21)19-23-11-10-22-15-6-4-3-5-7-15/h3-9,12-13,20H,10-11H2,1-2H3,(H,19,21). The summed E-state index contributed by atoms with van der Waals surface area (Å²) in [6, 6.07) is 14.3. The fraction of sp³-hybridized carbons (Fsp3) is 0.278. The molecule has 0 bridgehead atoms. The molecule has 2 aromatic carbocycles. The monoisotopic (exact) mass is 315 g/mol. The van der Waals surface area contributed by atoms with Crippen LogP contribution in [0.15, 0.2) is 48.5 Å². The molecule has 2 rings (SSSR count). The van der Waals surface area contributed by atoms with Gasteiger partial charge in [0.2, 0.25) is 0 Å². The van der Waals surface area contributed by atoms with Gasteiger partial charge in [0.25, 0.3) is 5.91 Å². The molecule has 0 radical (unpaired) electrons. The molecule has 23 heavy (non-hydrogen) atoms. The molecule has 0 heterocycles. The number of rotatable bonds is 7. The summed E-state index contributed by atoms with van der Waals surface area (Å²) in [6.45, 7) is 4.54. The zero-order chi connectivity index (χ0) is 16.7.